The summed E-state index contributed by atoms with van der Waals surface area (Å²) >= 11 is 0. The van der Waals surface area contributed by atoms with Crippen LogP contribution in [0, 0.1) is 24.7 Å². The van der Waals surface area contributed by atoms with Crippen LogP contribution in [0.5, 0.6) is 5.75 Å². The van der Waals surface area contributed by atoms with Crippen LogP contribution in [0.2, 0.25) is 0 Å². The molecule has 15 heteroatoms. The van der Waals surface area contributed by atoms with Crippen molar-refractivity contribution >= 4 is 5.97 Å². The molecule has 4 rings (SSSR count). The van der Waals surface area contributed by atoms with E-state index in [0.29, 0.717) is 25.3 Å². The number of nitrogens with one attached hydrogen (secondary N) is 3. The first kappa shape index (κ1) is 52.6. The van der Waals surface area contributed by atoms with Gasteiger partial charge in [-0.1, -0.05) is 45.9 Å². The summed E-state index contributed by atoms with van der Waals surface area (Å²) in [7, 11) is 3.43. The lowest BCUT2D eigenvalue weighted by molar-refractivity contribution is -0.335. The molecular weight excluding hydrogens is 799 g/mol. The summed E-state index contributed by atoms with van der Waals surface area (Å²) in [5.41, 5.74) is -5.01. The molecule has 1 aromatic carbocycles. The Morgan fingerprint density at radius 1 is 0.952 bits per heavy atom. The van der Waals surface area contributed by atoms with Gasteiger partial charge in [-0.05, 0) is 119 Å². The van der Waals surface area contributed by atoms with E-state index in [9.17, 15) is 25.2 Å². The number of aliphatic hydroxyl groups excluding tert-OH is 1. The lowest BCUT2D eigenvalue weighted by atomic mass is 9.75. The minimum Gasteiger partial charge on any atom is -0.483 e. The summed E-state index contributed by atoms with van der Waals surface area (Å²) in [6.07, 6.45) is -5.99. The minimum atomic E-state index is -1.82. The number of cyclic esters (lactones) is 1. The van der Waals surface area contributed by atoms with E-state index < -0.39 is 95.5 Å². The van der Waals surface area contributed by atoms with E-state index in [2.05, 4.69) is 16.0 Å². The Kier molecular flexibility index (Phi) is 18.7. The summed E-state index contributed by atoms with van der Waals surface area (Å²) in [4.78, 5) is 14.5. The molecule has 0 amide bonds. The molecule has 358 valence electrons. The highest BCUT2D eigenvalue weighted by molar-refractivity contribution is 5.73. The van der Waals surface area contributed by atoms with Crippen LogP contribution in [0.3, 0.4) is 0 Å². The third kappa shape index (κ3) is 11.9. The van der Waals surface area contributed by atoms with Crippen molar-refractivity contribution < 1.29 is 58.4 Å². The van der Waals surface area contributed by atoms with Gasteiger partial charge in [0.05, 0.1) is 42.0 Å². The Bertz CT molecular complexity index is 1550. The van der Waals surface area contributed by atoms with Crippen molar-refractivity contribution in [2.24, 2.45) is 17.8 Å². The molecule has 3 aliphatic rings. The van der Waals surface area contributed by atoms with Crippen LogP contribution < -0.4 is 20.7 Å². The maximum atomic E-state index is 14.5. The average Bonchev–Trinajstić information content (AvgIpc) is 3.22. The average molecular weight is 882 g/mol. The highest BCUT2D eigenvalue weighted by Gasteiger charge is 2.58. The van der Waals surface area contributed by atoms with Crippen molar-refractivity contribution in [2.45, 2.75) is 205 Å². The number of methoxy groups -OCH3 is 1. The number of ether oxygens (including phenoxy) is 7. The lowest BCUT2D eigenvalue weighted by Gasteiger charge is -2.53. The number of carbonyl (C=O) groups excluding carboxylic acids is 1. The molecule has 0 aromatic heterocycles. The number of rotatable bonds is 13. The van der Waals surface area contributed by atoms with Crippen LogP contribution >= 0.6 is 0 Å². The van der Waals surface area contributed by atoms with E-state index in [-0.39, 0.29) is 43.9 Å². The molecule has 3 saturated heterocycles. The monoisotopic (exact) mass is 882 g/mol. The van der Waals surface area contributed by atoms with Gasteiger partial charge in [0.15, 0.2) is 18.7 Å². The van der Waals surface area contributed by atoms with Gasteiger partial charge in [0.1, 0.15) is 34.8 Å². The SMILES string of the molecule is CCCNC[C@]1(O)[C@H](C)O[C@@H](O[C@H]2[C@H](C)[C@@H](O[C@@H]3O[C@H](C)C[C@H](NC)[C@H]3Oc3ccccc3C)[C@](C)(O)C[C@@H](C)CN[C@H](C)[C@@H](O)[C@](C)(O)[C@@H](CC)OC(=O)[C@@H]2C)C[C@@]1(C)OC. The quantitative estimate of drug-likeness (QED) is 0.111. The number of esters is 1. The van der Waals surface area contributed by atoms with Gasteiger partial charge in [0.2, 0.25) is 0 Å². The summed E-state index contributed by atoms with van der Waals surface area (Å²) in [6.45, 7) is 23.2. The van der Waals surface area contributed by atoms with Gasteiger partial charge in [-0.2, -0.15) is 0 Å². The van der Waals surface area contributed by atoms with Crippen LogP contribution in [-0.2, 0) is 33.2 Å². The molecule has 1 aromatic rings. The van der Waals surface area contributed by atoms with Gasteiger partial charge in [-0.25, -0.2) is 0 Å². The summed E-state index contributed by atoms with van der Waals surface area (Å²) in [5.74, 6) is -1.95. The summed E-state index contributed by atoms with van der Waals surface area (Å²) in [5, 5.41) is 58.3. The number of aryl methyl sites for hydroxylation is 1. The molecule has 0 spiro atoms. The number of likely N-dealkylation sites (N-methyl/N-ethyl adjacent to an activating group) is 1. The van der Waals surface area contributed by atoms with E-state index in [1.54, 1.807) is 41.7 Å². The lowest BCUT2D eigenvalue weighted by Crippen LogP contribution is -2.70. The van der Waals surface area contributed by atoms with E-state index in [1.165, 1.54) is 6.92 Å². The predicted molar refractivity (Wildman–Crippen MR) is 237 cm³/mol. The van der Waals surface area contributed by atoms with Gasteiger partial charge >= 0.3 is 5.97 Å². The van der Waals surface area contributed by atoms with E-state index in [1.807, 2.05) is 72.9 Å². The van der Waals surface area contributed by atoms with E-state index >= 15 is 0 Å². The van der Waals surface area contributed by atoms with Crippen molar-refractivity contribution in [3.8, 4) is 5.75 Å². The van der Waals surface area contributed by atoms with E-state index in [0.717, 1.165) is 12.0 Å². The van der Waals surface area contributed by atoms with Crippen molar-refractivity contribution in [1.82, 2.24) is 16.0 Å². The fourth-order valence-electron chi connectivity index (χ4n) is 9.96. The molecular formula is C47H83N3O12. The van der Waals surface area contributed by atoms with Gasteiger partial charge in [-0.3, -0.25) is 4.79 Å². The largest absolute Gasteiger partial charge is 0.483 e. The zero-order valence-corrected chi connectivity index (χ0v) is 40.1. The number of benzene rings is 1. The number of para-hydroxylation sites is 1. The van der Waals surface area contributed by atoms with Gasteiger partial charge < -0.3 is 69.5 Å². The van der Waals surface area contributed by atoms with Crippen molar-refractivity contribution in [2.75, 3.05) is 33.8 Å². The Labute approximate surface area is 371 Å². The Morgan fingerprint density at radius 3 is 2.24 bits per heavy atom. The molecule has 0 unspecified atom stereocenters. The molecule has 3 aliphatic heterocycles. The third-order valence-corrected chi connectivity index (χ3v) is 14.1. The van der Waals surface area contributed by atoms with Gasteiger partial charge in [-0.15, -0.1) is 0 Å². The molecule has 62 heavy (non-hydrogen) atoms. The number of aliphatic hydroxyl groups is 4. The molecule has 3 fully saturated rings. The maximum absolute atomic E-state index is 14.5. The molecule has 0 bridgehead atoms. The zero-order chi connectivity index (χ0) is 46.4. The van der Waals surface area contributed by atoms with Crippen molar-refractivity contribution in [1.29, 1.82) is 0 Å². The van der Waals surface area contributed by atoms with Crippen LogP contribution in [0.4, 0.5) is 0 Å². The molecule has 3 heterocycles. The molecule has 15 nitrogen and oxygen atoms in total. The Hall–Kier alpha value is -1.99. The van der Waals surface area contributed by atoms with Gasteiger partial charge in [0.25, 0.3) is 0 Å². The van der Waals surface area contributed by atoms with Crippen molar-refractivity contribution in [3.63, 3.8) is 0 Å². The first-order valence-electron chi connectivity index (χ1n) is 23.1. The fraction of sp³-hybridized carbons (Fsp3) is 0.851. The smallest absolute Gasteiger partial charge is 0.311 e. The molecule has 0 aliphatic carbocycles. The van der Waals surface area contributed by atoms with Gasteiger partial charge in [0, 0.05) is 32.0 Å². The number of hydrogen-bond donors (Lipinski definition) is 7. The van der Waals surface area contributed by atoms with Crippen LogP contribution in [-0.4, -0.2) is 150 Å². The highest BCUT2D eigenvalue weighted by atomic mass is 16.7. The first-order chi connectivity index (χ1) is 29.0. The molecule has 18 atom stereocenters. The summed E-state index contributed by atoms with van der Waals surface area (Å²) in [6, 6.07) is 6.97. The Morgan fingerprint density at radius 2 is 1.63 bits per heavy atom. The number of hydrogen-bond acceptors (Lipinski definition) is 15. The Balaban J connectivity index is 1.85. The van der Waals surface area contributed by atoms with Crippen LogP contribution in [0.25, 0.3) is 0 Å². The maximum Gasteiger partial charge on any atom is 0.311 e. The standard InChI is InChI=1S/C47H83N3O12/c1-15-21-49-26-47(55)33(9)58-37(24-45(47,11)56-14)61-38-30(6)41(62-43-39(34(48-13)22-29(5)57-43)59-35-20-18-17-19-28(35)4)44(10,53)23-27(3)25-50-32(8)40(51)46(12,54)36(16-2)60-42(52)31(38)7/h17-20,27,29-34,36-41,43,48-51,53-55H,15-16,21-26H2,1-14H3/t27-,29-,30+,31-,32-,33+,34+,36-,37+,38+,39-,40-,41-,43+,44-,45-,46-,47+/m1/s1. The van der Waals surface area contributed by atoms with E-state index in [4.69, 9.17) is 33.2 Å². The second kappa shape index (κ2) is 22.0. The minimum absolute atomic E-state index is 0.101. The zero-order valence-electron chi connectivity index (χ0n) is 40.1. The predicted octanol–water partition coefficient (Wildman–Crippen LogP) is 3.98. The fourth-order valence-corrected chi connectivity index (χ4v) is 9.96. The first-order valence-corrected chi connectivity index (χ1v) is 23.1. The third-order valence-electron chi connectivity index (χ3n) is 14.1. The van der Waals surface area contributed by atoms with Crippen LogP contribution in [0.1, 0.15) is 114 Å². The molecule has 0 radical (unpaired) electrons. The topological polar surface area (TPSA) is 199 Å². The second-order valence-electron chi connectivity index (χ2n) is 19.4. The van der Waals surface area contributed by atoms with Crippen LogP contribution in [0.15, 0.2) is 24.3 Å². The second-order valence-corrected chi connectivity index (χ2v) is 19.4. The number of carbonyl (C=O) groups is 1. The highest BCUT2D eigenvalue weighted by Crippen LogP contribution is 2.43. The normalized spacial score (nSPS) is 44.2. The molecule has 0 saturated carbocycles. The summed E-state index contributed by atoms with van der Waals surface area (Å²) < 4.78 is 46.1. The van der Waals surface area contributed by atoms with Crippen molar-refractivity contribution in [3.05, 3.63) is 29.8 Å². The molecule has 7 N–H and O–H groups in total.